The molecule has 23 heavy (non-hydrogen) atoms. The SMILES string of the molecule is CCCCCC1(CC[C@@H](CC=O)N[S@@+]([O-])C(C)(C)C)OCCO1. The first kappa shape index (κ1) is 20.9. The molecule has 6 heteroatoms. The van der Waals surface area contributed by atoms with E-state index in [0.29, 0.717) is 26.1 Å². The molecule has 2 atom stereocenters. The van der Waals surface area contributed by atoms with Gasteiger partial charge in [0.25, 0.3) is 0 Å². The molecular weight excluding hydrogens is 314 g/mol. The fourth-order valence-electron chi connectivity index (χ4n) is 2.62. The van der Waals surface area contributed by atoms with Crippen LogP contribution < -0.4 is 4.72 Å². The smallest absolute Gasteiger partial charge is 0.168 e. The van der Waals surface area contributed by atoms with Gasteiger partial charge in [0.05, 0.1) is 19.3 Å². The predicted molar refractivity (Wildman–Crippen MR) is 93.5 cm³/mol. The number of unbranched alkanes of at least 4 members (excludes halogenated alkanes) is 2. The van der Waals surface area contributed by atoms with Crippen LogP contribution in [0.4, 0.5) is 0 Å². The molecule has 1 fully saturated rings. The molecule has 0 aromatic heterocycles. The first-order valence-electron chi connectivity index (χ1n) is 8.72. The summed E-state index contributed by atoms with van der Waals surface area (Å²) in [6, 6.07) is -0.108. The summed E-state index contributed by atoms with van der Waals surface area (Å²) in [5.41, 5.74) is 0. The molecule has 0 bridgehead atoms. The van der Waals surface area contributed by atoms with Crippen molar-refractivity contribution < 1.29 is 18.8 Å². The monoisotopic (exact) mass is 347 g/mol. The zero-order valence-corrected chi connectivity index (χ0v) is 15.9. The highest BCUT2D eigenvalue weighted by Crippen LogP contribution is 2.32. The Bertz CT molecular complexity index is 340. The van der Waals surface area contributed by atoms with Gasteiger partial charge in [-0.25, -0.2) is 0 Å². The van der Waals surface area contributed by atoms with E-state index >= 15 is 0 Å². The van der Waals surface area contributed by atoms with Crippen LogP contribution >= 0.6 is 0 Å². The molecule has 1 saturated heterocycles. The van der Waals surface area contributed by atoms with Crippen LogP contribution in [0.2, 0.25) is 0 Å². The number of ether oxygens (including phenoxy) is 2. The van der Waals surface area contributed by atoms with Crippen molar-refractivity contribution in [2.75, 3.05) is 13.2 Å². The van der Waals surface area contributed by atoms with Crippen molar-refractivity contribution in [1.82, 2.24) is 4.72 Å². The maximum Gasteiger partial charge on any atom is 0.168 e. The van der Waals surface area contributed by atoms with Gasteiger partial charge in [0.15, 0.2) is 5.79 Å². The van der Waals surface area contributed by atoms with Gasteiger partial charge < -0.3 is 18.8 Å². The van der Waals surface area contributed by atoms with Gasteiger partial charge in [-0.2, -0.15) is 0 Å². The summed E-state index contributed by atoms with van der Waals surface area (Å²) in [5.74, 6) is -0.513. The second kappa shape index (κ2) is 9.99. The minimum Gasteiger partial charge on any atom is -0.598 e. The number of nitrogens with one attached hydrogen (secondary N) is 1. The van der Waals surface area contributed by atoms with E-state index in [4.69, 9.17) is 9.47 Å². The lowest BCUT2D eigenvalue weighted by molar-refractivity contribution is -0.169. The van der Waals surface area contributed by atoms with E-state index in [-0.39, 0.29) is 10.8 Å². The maximum absolute atomic E-state index is 12.3. The van der Waals surface area contributed by atoms with Crippen molar-refractivity contribution in [3.05, 3.63) is 0 Å². The summed E-state index contributed by atoms with van der Waals surface area (Å²) in [6.45, 7) is 9.20. The fraction of sp³-hybridized carbons (Fsp3) is 0.941. The van der Waals surface area contributed by atoms with Crippen LogP contribution in [0.1, 0.15) is 72.6 Å². The summed E-state index contributed by atoms with van der Waals surface area (Å²) in [7, 11) is 0. The molecule has 0 spiro atoms. The highest BCUT2D eigenvalue weighted by molar-refractivity contribution is 7.90. The van der Waals surface area contributed by atoms with Gasteiger partial charge in [-0.3, -0.25) is 0 Å². The zero-order valence-electron chi connectivity index (χ0n) is 15.1. The highest BCUT2D eigenvalue weighted by Gasteiger charge is 2.37. The lowest BCUT2D eigenvalue weighted by Gasteiger charge is -2.31. The van der Waals surface area contributed by atoms with Crippen LogP contribution in [0.15, 0.2) is 0 Å². The lowest BCUT2D eigenvalue weighted by atomic mass is 9.99. The topological polar surface area (TPSA) is 70.6 Å². The molecule has 0 radical (unpaired) electrons. The van der Waals surface area contributed by atoms with E-state index in [1.165, 1.54) is 6.42 Å². The molecule has 1 heterocycles. The Morgan fingerprint density at radius 1 is 1.26 bits per heavy atom. The van der Waals surface area contributed by atoms with Crippen LogP contribution in [0.25, 0.3) is 0 Å². The van der Waals surface area contributed by atoms with Gasteiger partial charge in [-0.1, -0.05) is 19.8 Å². The number of carbonyl (C=O) groups is 1. The Kier molecular flexibility index (Phi) is 9.08. The first-order valence-corrected chi connectivity index (χ1v) is 9.87. The molecule has 5 nitrogen and oxygen atoms in total. The molecule has 0 aromatic rings. The predicted octanol–water partition coefficient (Wildman–Crippen LogP) is 3.10. The number of rotatable bonds is 11. The lowest BCUT2D eigenvalue weighted by Crippen LogP contribution is -2.45. The van der Waals surface area contributed by atoms with Crippen LogP contribution in [0.3, 0.4) is 0 Å². The first-order chi connectivity index (χ1) is 10.8. The third-order valence-electron chi connectivity index (χ3n) is 4.06. The Hall–Kier alpha value is -0.140. The quantitative estimate of drug-likeness (QED) is 0.353. The third kappa shape index (κ3) is 7.52. The maximum atomic E-state index is 12.3. The van der Waals surface area contributed by atoms with Crippen molar-refractivity contribution in [3.63, 3.8) is 0 Å². The van der Waals surface area contributed by atoms with E-state index in [0.717, 1.165) is 32.0 Å². The fourth-order valence-corrected chi connectivity index (χ4v) is 3.49. The molecule has 0 unspecified atom stereocenters. The second-order valence-electron chi connectivity index (χ2n) is 7.20. The van der Waals surface area contributed by atoms with Crippen LogP contribution in [-0.4, -0.2) is 40.6 Å². The molecule has 136 valence electrons. The summed E-state index contributed by atoms with van der Waals surface area (Å²) in [6.07, 6.45) is 6.97. The van der Waals surface area contributed by atoms with Crippen molar-refractivity contribution >= 4 is 17.6 Å². The molecule has 0 saturated carbocycles. The molecule has 1 aliphatic heterocycles. The minimum atomic E-state index is -1.18. The van der Waals surface area contributed by atoms with Crippen LogP contribution in [-0.2, 0) is 25.6 Å². The summed E-state index contributed by atoms with van der Waals surface area (Å²) in [4.78, 5) is 10.9. The summed E-state index contributed by atoms with van der Waals surface area (Å²) in [5, 5.41) is 0. The Morgan fingerprint density at radius 2 is 1.91 bits per heavy atom. The zero-order chi connectivity index (χ0) is 17.3. The van der Waals surface area contributed by atoms with Gasteiger partial charge in [0.1, 0.15) is 11.0 Å². The largest absolute Gasteiger partial charge is 0.598 e. The van der Waals surface area contributed by atoms with Gasteiger partial charge in [-0.05, 0) is 33.6 Å². The third-order valence-corrected chi connectivity index (χ3v) is 5.72. The van der Waals surface area contributed by atoms with Gasteiger partial charge in [0, 0.05) is 30.6 Å². The van der Waals surface area contributed by atoms with Crippen molar-refractivity contribution in [1.29, 1.82) is 0 Å². The Labute approximate surface area is 144 Å². The standard InChI is InChI=1S/C17H33NO4S/c1-5-6-7-10-17(21-13-14-22-17)11-8-15(9-12-19)18-23(20)16(2,3)4/h12,15,18H,5-11,13-14H2,1-4H3/t15-,23-/m0/s1. The van der Waals surface area contributed by atoms with Crippen LogP contribution in [0, 0.1) is 0 Å². The average Bonchev–Trinajstić information content (AvgIpc) is 2.93. The van der Waals surface area contributed by atoms with Crippen molar-refractivity contribution in [3.8, 4) is 0 Å². The van der Waals surface area contributed by atoms with E-state index < -0.39 is 17.1 Å². The van der Waals surface area contributed by atoms with Crippen LogP contribution in [0.5, 0.6) is 0 Å². The van der Waals surface area contributed by atoms with E-state index in [9.17, 15) is 9.35 Å². The highest BCUT2D eigenvalue weighted by atomic mass is 32.2. The van der Waals surface area contributed by atoms with Gasteiger partial charge in [-0.15, -0.1) is 4.72 Å². The molecule has 1 aliphatic rings. The number of aldehydes is 1. The number of hydrogen-bond acceptors (Lipinski definition) is 5. The summed E-state index contributed by atoms with van der Waals surface area (Å²) >= 11 is -1.18. The van der Waals surface area contributed by atoms with E-state index in [1.807, 2.05) is 20.8 Å². The van der Waals surface area contributed by atoms with E-state index in [1.54, 1.807) is 0 Å². The Balaban J connectivity index is 2.55. The molecule has 0 aliphatic carbocycles. The Morgan fingerprint density at radius 3 is 2.43 bits per heavy atom. The molecule has 1 N–H and O–H groups in total. The van der Waals surface area contributed by atoms with E-state index in [2.05, 4.69) is 11.6 Å². The minimum absolute atomic E-state index is 0.108. The number of carbonyl (C=O) groups excluding carboxylic acids is 1. The second-order valence-corrected chi connectivity index (χ2v) is 9.20. The average molecular weight is 348 g/mol. The number of hydrogen-bond donors (Lipinski definition) is 1. The summed E-state index contributed by atoms with van der Waals surface area (Å²) < 4.78 is 26.8. The van der Waals surface area contributed by atoms with Crippen molar-refractivity contribution in [2.24, 2.45) is 0 Å². The molecule has 1 rings (SSSR count). The normalized spacial score (nSPS) is 20.4. The molecule has 0 aromatic carbocycles. The van der Waals surface area contributed by atoms with Crippen molar-refractivity contribution in [2.45, 2.75) is 89.2 Å². The molecule has 0 amide bonds. The molecular formula is C17H33NO4S. The van der Waals surface area contributed by atoms with Gasteiger partial charge in [0.2, 0.25) is 0 Å². The van der Waals surface area contributed by atoms with Gasteiger partial charge >= 0.3 is 0 Å².